The summed E-state index contributed by atoms with van der Waals surface area (Å²) in [6.45, 7) is 1.66. The van der Waals surface area contributed by atoms with E-state index >= 15 is 0 Å². The average molecular weight is 911 g/mol. The van der Waals surface area contributed by atoms with Crippen molar-refractivity contribution in [3.05, 3.63) is 160 Å². The van der Waals surface area contributed by atoms with Gasteiger partial charge < -0.3 is 20.7 Å². The van der Waals surface area contributed by atoms with Crippen molar-refractivity contribution in [2.45, 2.75) is 51.0 Å². The Kier molecular flexibility index (Phi) is 9.59. The van der Waals surface area contributed by atoms with Gasteiger partial charge in [-0.2, -0.15) is 10.1 Å². The summed E-state index contributed by atoms with van der Waals surface area (Å²) in [6, 6.07) is 39.1. The Bertz CT molecular complexity index is 3850. The molecule has 0 spiro atoms. The van der Waals surface area contributed by atoms with Crippen LogP contribution >= 0.6 is 0 Å². The third kappa shape index (κ3) is 7.06. The van der Waals surface area contributed by atoms with Crippen molar-refractivity contribution >= 4 is 81.6 Å². The van der Waals surface area contributed by atoms with Crippen LogP contribution in [0.3, 0.4) is 0 Å². The maximum Gasteiger partial charge on any atom is 0.264 e. The quantitative estimate of drug-likeness (QED) is 0.0815. The highest BCUT2D eigenvalue weighted by Gasteiger charge is 2.36. The van der Waals surface area contributed by atoms with Crippen LogP contribution in [0.5, 0.6) is 0 Å². The number of aromatic amines is 1. The molecule has 338 valence electrons. The van der Waals surface area contributed by atoms with E-state index in [-0.39, 0.29) is 42.2 Å². The predicted molar refractivity (Wildman–Crippen MR) is 264 cm³/mol. The highest BCUT2D eigenvalue weighted by Crippen LogP contribution is 2.38. The molecule has 0 amide bonds. The summed E-state index contributed by atoms with van der Waals surface area (Å²) in [4.78, 5) is 22.3. The number of nitrogens with two attached hydrogens (primary N) is 1. The van der Waals surface area contributed by atoms with Gasteiger partial charge in [-0.05, 0) is 81.7 Å². The molecule has 1 aliphatic heterocycles. The van der Waals surface area contributed by atoms with Gasteiger partial charge in [0.25, 0.3) is 5.56 Å². The summed E-state index contributed by atoms with van der Waals surface area (Å²) in [5.74, 6) is 6.25. The zero-order valence-electron chi connectivity index (χ0n) is 37.0. The van der Waals surface area contributed by atoms with Crippen LogP contribution in [0.4, 0.5) is 5.95 Å². The van der Waals surface area contributed by atoms with Gasteiger partial charge in [0, 0.05) is 19.5 Å². The summed E-state index contributed by atoms with van der Waals surface area (Å²) < 4.78 is 11.0. The Morgan fingerprint density at radius 1 is 0.710 bits per heavy atom. The van der Waals surface area contributed by atoms with Crippen LogP contribution in [0.1, 0.15) is 40.9 Å². The van der Waals surface area contributed by atoms with E-state index in [0.717, 1.165) is 22.5 Å². The first-order valence-corrected chi connectivity index (χ1v) is 22.8. The van der Waals surface area contributed by atoms with Crippen molar-refractivity contribution in [3.63, 3.8) is 0 Å². The second-order valence-corrected chi connectivity index (χ2v) is 18.0. The standard InChI is InChI=1S/C53H42N12O4/c54-53-55-51-50(52(68)56-53)42(59-65(51)45-22-43(67)44(29-66)69-45)8-3-21-62(25-38-27-63(60-57-38)23-36-15-13-34-11-9-30-4-1-6-32-17-19-40(36)48(34)46(30)32)26-39-28-64(61-58-39)24-37-16-14-35-12-10-31-5-2-7-33-18-20-41(37)49(35)47(31)33/h1-2,4-7,9-20,27-28,43-45,66-67H,21-26,29H2,(H3,54,55,56,68)/t43-,44+,45+/m0/s1. The number of nitrogens with zero attached hydrogens (tertiary/aromatic N) is 10. The fraction of sp³-hybridized carbons (Fsp3) is 0.189. The lowest BCUT2D eigenvalue weighted by molar-refractivity contribution is -0.0470. The highest BCUT2D eigenvalue weighted by molar-refractivity contribution is 6.24. The van der Waals surface area contributed by atoms with E-state index in [9.17, 15) is 15.0 Å². The zero-order chi connectivity index (χ0) is 46.3. The van der Waals surface area contributed by atoms with Crippen LogP contribution in [-0.2, 0) is 30.9 Å². The van der Waals surface area contributed by atoms with Crippen LogP contribution in [0.15, 0.2) is 126 Å². The second kappa shape index (κ2) is 16.2. The number of benzene rings is 8. The maximum absolute atomic E-state index is 13.3. The van der Waals surface area contributed by atoms with Crippen LogP contribution in [0, 0.1) is 11.8 Å². The van der Waals surface area contributed by atoms with Crippen LogP contribution < -0.4 is 11.3 Å². The minimum atomic E-state index is -0.931. The summed E-state index contributed by atoms with van der Waals surface area (Å²) in [5, 5.41) is 58.1. The first-order chi connectivity index (χ1) is 33.8. The van der Waals surface area contributed by atoms with E-state index in [0.29, 0.717) is 26.2 Å². The Labute approximate surface area is 391 Å². The highest BCUT2D eigenvalue weighted by atomic mass is 16.5. The van der Waals surface area contributed by atoms with Gasteiger partial charge in [-0.15, -0.1) is 10.2 Å². The fourth-order valence-corrected chi connectivity index (χ4v) is 10.4. The smallest absolute Gasteiger partial charge is 0.264 e. The van der Waals surface area contributed by atoms with E-state index in [4.69, 9.17) is 10.5 Å². The van der Waals surface area contributed by atoms with Gasteiger partial charge in [0.2, 0.25) is 5.95 Å². The molecule has 3 atom stereocenters. The van der Waals surface area contributed by atoms with Crippen LogP contribution in [-0.4, -0.2) is 90.2 Å². The molecule has 16 nitrogen and oxygen atoms in total. The number of ether oxygens (including phenoxy) is 1. The number of anilines is 1. The SMILES string of the molecule is Nc1nc2c(c(C#CCN(Cc3cn(Cc4ccc5ccc6cccc7ccc4c5c67)nn3)Cc3cn(Cc4ccc5ccc6cccc7ccc4c5c67)nn3)nn2[C@H]2C[C@H](O)[C@@H](CO)O2)c(=O)[nH]1. The summed E-state index contributed by atoms with van der Waals surface area (Å²) in [7, 11) is 0. The number of aromatic nitrogens is 10. The molecule has 0 bridgehead atoms. The number of hydrogen-bond donors (Lipinski definition) is 4. The van der Waals surface area contributed by atoms with Crippen molar-refractivity contribution < 1.29 is 14.9 Å². The minimum Gasteiger partial charge on any atom is -0.394 e. The molecule has 13 rings (SSSR count). The third-order valence-electron chi connectivity index (χ3n) is 13.6. The van der Waals surface area contributed by atoms with Gasteiger partial charge in [0.1, 0.15) is 11.5 Å². The predicted octanol–water partition coefficient (Wildman–Crippen LogP) is 6.47. The number of rotatable bonds is 11. The van der Waals surface area contributed by atoms with Crippen molar-refractivity contribution in [3.8, 4) is 11.8 Å². The number of H-pyrrole nitrogens is 1. The molecular formula is C53H42N12O4. The molecule has 5 N–H and O–H groups in total. The number of hydrogen-bond acceptors (Lipinski definition) is 12. The van der Waals surface area contributed by atoms with Crippen LogP contribution in [0.2, 0.25) is 0 Å². The molecule has 0 unspecified atom stereocenters. The largest absolute Gasteiger partial charge is 0.394 e. The van der Waals surface area contributed by atoms with E-state index in [1.807, 2.05) is 21.8 Å². The third-order valence-corrected chi connectivity index (χ3v) is 13.6. The summed E-state index contributed by atoms with van der Waals surface area (Å²) >= 11 is 0. The number of aliphatic hydroxyl groups excluding tert-OH is 2. The van der Waals surface area contributed by atoms with E-state index in [1.54, 1.807) is 0 Å². The van der Waals surface area contributed by atoms with E-state index in [2.05, 4.69) is 162 Å². The molecule has 0 saturated carbocycles. The lowest BCUT2D eigenvalue weighted by atomic mass is 9.92. The molecular weight excluding hydrogens is 869 g/mol. The average Bonchev–Trinajstić information content (AvgIpc) is 4.17. The fourth-order valence-electron chi connectivity index (χ4n) is 10.4. The summed E-state index contributed by atoms with van der Waals surface area (Å²) in [6.07, 6.45) is 1.51. The van der Waals surface area contributed by atoms with Gasteiger partial charge in [-0.3, -0.25) is 14.7 Å². The number of nitrogen functional groups attached to an aromatic ring is 1. The lowest BCUT2D eigenvalue weighted by Crippen LogP contribution is -2.24. The van der Waals surface area contributed by atoms with Gasteiger partial charge in [0.05, 0.1) is 56.1 Å². The molecule has 0 radical (unpaired) electrons. The molecule has 1 saturated heterocycles. The first kappa shape index (κ1) is 40.9. The van der Waals surface area contributed by atoms with E-state index in [1.165, 1.54) is 69.3 Å². The number of aliphatic hydroxyl groups is 2. The zero-order valence-corrected chi connectivity index (χ0v) is 37.0. The van der Waals surface area contributed by atoms with Crippen molar-refractivity contribution in [2.75, 3.05) is 18.9 Å². The molecule has 1 fully saturated rings. The van der Waals surface area contributed by atoms with Crippen molar-refractivity contribution in [2.24, 2.45) is 0 Å². The van der Waals surface area contributed by atoms with Crippen LogP contribution in [0.25, 0.3) is 75.7 Å². The number of nitrogens with one attached hydrogen (secondary N) is 1. The molecule has 16 heteroatoms. The molecule has 12 aromatic rings. The molecule has 4 aromatic heterocycles. The van der Waals surface area contributed by atoms with Gasteiger partial charge in [-0.25, -0.2) is 14.0 Å². The topological polar surface area (TPSA) is 204 Å². The maximum atomic E-state index is 13.3. The van der Waals surface area contributed by atoms with Gasteiger partial charge in [-0.1, -0.05) is 126 Å². The Morgan fingerprint density at radius 2 is 1.23 bits per heavy atom. The number of fused-ring (bicyclic) bond motifs is 1. The molecule has 5 heterocycles. The molecule has 0 aliphatic carbocycles. The summed E-state index contributed by atoms with van der Waals surface area (Å²) in [5.41, 5.74) is 9.54. The Morgan fingerprint density at radius 3 is 1.77 bits per heavy atom. The Hall–Kier alpha value is -8.33. The second-order valence-electron chi connectivity index (χ2n) is 18.0. The van der Waals surface area contributed by atoms with Gasteiger partial charge in [0.15, 0.2) is 17.6 Å². The van der Waals surface area contributed by atoms with Gasteiger partial charge >= 0.3 is 0 Å². The minimum absolute atomic E-state index is 0.101. The van der Waals surface area contributed by atoms with Crippen molar-refractivity contribution in [1.29, 1.82) is 0 Å². The van der Waals surface area contributed by atoms with E-state index < -0.39 is 24.0 Å². The lowest BCUT2D eigenvalue weighted by Gasteiger charge is -2.16. The molecule has 69 heavy (non-hydrogen) atoms. The normalized spacial score (nSPS) is 16.5. The first-order valence-electron chi connectivity index (χ1n) is 22.8. The molecule has 8 aromatic carbocycles. The molecule has 1 aliphatic rings. The Balaban J connectivity index is 0.809. The monoisotopic (exact) mass is 910 g/mol. The van der Waals surface area contributed by atoms with Crippen molar-refractivity contribution in [1.82, 2.24) is 54.6 Å².